The van der Waals surface area contributed by atoms with Gasteiger partial charge in [0.2, 0.25) is 5.91 Å². The van der Waals surface area contributed by atoms with Crippen LogP contribution in [0, 0.1) is 5.92 Å². The second kappa shape index (κ2) is 9.22. The van der Waals surface area contributed by atoms with Gasteiger partial charge in [0, 0.05) is 44.0 Å². The van der Waals surface area contributed by atoms with Crippen LogP contribution in [-0.4, -0.2) is 44.2 Å². The van der Waals surface area contributed by atoms with E-state index in [1.54, 1.807) is 6.07 Å². The van der Waals surface area contributed by atoms with E-state index in [2.05, 4.69) is 22.5 Å². The number of amides is 2. The molecule has 1 unspecified atom stereocenters. The largest absolute Gasteiger partial charge is 0.376 e. The summed E-state index contributed by atoms with van der Waals surface area (Å²) >= 11 is 0. The number of carbonyl (C=O) groups excluding carboxylic acids is 2. The highest BCUT2D eigenvalue weighted by atomic mass is 16.5. The first kappa shape index (κ1) is 19.7. The van der Waals surface area contributed by atoms with Crippen molar-refractivity contribution < 1.29 is 14.3 Å². The molecule has 2 fully saturated rings. The normalized spacial score (nSPS) is 20.5. The highest BCUT2D eigenvalue weighted by molar-refractivity contribution is 6.02. The number of anilines is 2. The Morgan fingerprint density at radius 1 is 1.22 bits per heavy atom. The molecule has 2 N–H and O–H groups in total. The Morgan fingerprint density at radius 2 is 2.00 bits per heavy atom. The van der Waals surface area contributed by atoms with E-state index in [1.807, 2.05) is 19.1 Å². The Balaban J connectivity index is 1.78. The summed E-state index contributed by atoms with van der Waals surface area (Å²) in [6.07, 6.45) is 4.82. The maximum atomic E-state index is 12.9. The van der Waals surface area contributed by atoms with Crippen molar-refractivity contribution >= 4 is 23.2 Å². The predicted molar refractivity (Wildman–Crippen MR) is 107 cm³/mol. The Labute approximate surface area is 161 Å². The summed E-state index contributed by atoms with van der Waals surface area (Å²) in [6.45, 7) is 7.29. The third-order valence-corrected chi connectivity index (χ3v) is 5.48. The van der Waals surface area contributed by atoms with E-state index in [0.29, 0.717) is 24.2 Å². The summed E-state index contributed by atoms with van der Waals surface area (Å²) in [6, 6.07) is 5.64. The first-order valence-electron chi connectivity index (χ1n) is 10.2. The minimum Gasteiger partial charge on any atom is -0.376 e. The number of ether oxygens (including phenoxy) is 1. The average molecular weight is 373 g/mol. The standard InChI is InChI=1S/C21H31N3O3/c1-3-20(25)23-16-6-7-19(24-10-8-15(2)9-11-24)18(13-16)21(26)22-14-17-5-4-12-27-17/h6-7,13,15,17H,3-5,8-12,14H2,1-2H3,(H,22,26)(H,23,25). The lowest BCUT2D eigenvalue weighted by atomic mass is 9.97. The zero-order valence-corrected chi connectivity index (χ0v) is 16.4. The van der Waals surface area contributed by atoms with Crippen molar-refractivity contribution in [1.29, 1.82) is 0 Å². The molecule has 0 bridgehead atoms. The Morgan fingerprint density at radius 3 is 2.67 bits per heavy atom. The van der Waals surface area contributed by atoms with Gasteiger partial charge < -0.3 is 20.3 Å². The van der Waals surface area contributed by atoms with Crippen LogP contribution in [0.25, 0.3) is 0 Å². The van der Waals surface area contributed by atoms with Crippen molar-refractivity contribution in [2.24, 2.45) is 5.92 Å². The van der Waals surface area contributed by atoms with E-state index in [1.165, 1.54) is 0 Å². The van der Waals surface area contributed by atoms with Gasteiger partial charge in [-0.1, -0.05) is 13.8 Å². The molecule has 0 saturated carbocycles. The monoisotopic (exact) mass is 373 g/mol. The number of carbonyl (C=O) groups is 2. The molecule has 2 aliphatic heterocycles. The maximum absolute atomic E-state index is 12.9. The number of piperidine rings is 1. The van der Waals surface area contributed by atoms with Crippen molar-refractivity contribution in [2.45, 2.75) is 52.1 Å². The quantitative estimate of drug-likeness (QED) is 0.803. The molecule has 1 aromatic rings. The van der Waals surface area contributed by atoms with Crippen molar-refractivity contribution in [3.63, 3.8) is 0 Å². The number of hydrogen-bond acceptors (Lipinski definition) is 4. The summed E-state index contributed by atoms with van der Waals surface area (Å²) in [4.78, 5) is 27.0. The molecule has 6 heteroatoms. The van der Waals surface area contributed by atoms with Gasteiger partial charge in [0.05, 0.1) is 11.7 Å². The van der Waals surface area contributed by atoms with Crippen LogP contribution in [0.3, 0.4) is 0 Å². The first-order valence-corrected chi connectivity index (χ1v) is 10.2. The SMILES string of the molecule is CCC(=O)Nc1ccc(N2CCC(C)CC2)c(C(=O)NCC2CCCO2)c1. The topological polar surface area (TPSA) is 70.7 Å². The number of nitrogens with one attached hydrogen (secondary N) is 2. The molecule has 0 spiro atoms. The molecular weight excluding hydrogens is 342 g/mol. The maximum Gasteiger partial charge on any atom is 0.253 e. The zero-order valence-electron chi connectivity index (χ0n) is 16.4. The second-order valence-electron chi connectivity index (χ2n) is 7.65. The molecule has 2 aliphatic rings. The fourth-order valence-corrected chi connectivity index (χ4v) is 3.68. The van der Waals surface area contributed by atoms with E-state index in [9.17, 15) is 9.59 Å². The summed E-state index contributed by atoms with van der Waals surface area (Å²) in [5, 5.41) is 5.88. The Hall–Kier alpha value is -2.08. The molecule has 1 atom stereocenters. The van der Waals surface area contributed by atoms with Gasteiger partial charge in [-0.05, 0) is 49.8 Å². The number of benzene rings is 1. The van der Waals surface area contributed by atoms with E-state index in [-0.39, 0.29) is 17.9 Å². The van der Waals surface area contributed by atoms with Gasteiger partial charge in [-0.3, -0.25) is 9.59 Å². The molecule has 1 aromatic carbocycles. The highest BCUT2D eigenvalue weighted by Crippen LogP contribution is 2.29. The summed E-state index contributed by atoms with van der Waals surface area (Å²) in [7, 11) is 0. The van der Waals surface area contributed by atoms with Crippen molar-refractivity contribution in [2.75, 3.05) is 36.5 Å². The lowest BCUT2D eigenvalue weighted by Gasteiger charge is -2.33. The van der Waals surface area contributed by atoms with Crippen molar-refractivity contribution in [3.8, 4) is 0 Å². The van der Waals surface area contributed by atoms with Crippen molar-refractivity contribution in [1.82, 2.24) is 5.32 Å². The molecular formula is C21H31N3O3. The molecule has 2 saturated heterocycles. The van der Waals surface area contributed by atoms with Gasteiger partial charge in [0.15, 0.2) is 0 Å². The summed E-state index contributed by atoms with van der Waals surface area (Å²) in [5.41, 5.74) is 2.23. The molecule has 0 aliphatic carbocycles. The van der Waals surface area contributed by atoms with Gasteiger partial charge >= 0.3 is 0 Å². The Kier molecular flexibility index (Phi) is 6.72. The number of rotatable bonds is 6. The fourth-order valence-electron chi connectivity index (χ4n) is 3.68. The van der Waals surface area contributed by atoms with Crippen LogP contribution < -0.4 is 15.5 Å². The number of hydrogen-bond donors (Lipinski definition) is 2. The zero-order chi connectivity index (χ0) is 19.2. The van der Waals surface area contributed by atoms with E-state index in [0.717, 1.165) is 57.0 Å². The fraction of sp³-hybridized carbons (Fsp3) is 0.619. The van der Waals surface area contributed by atoms with Crippen molar-refractivity contribution in [3.05, 3.63) is 23.8 Å². The van der Waals surface area contributed by atoms with E-state index < -0.39 is 0 Å². The van der Waals surface area contributed by atoms with E-state index in [4.69, 9.17) is 4.74 Å². The van der Waals surface area contributed by atoms with Crippen LogP contribution in [0.4, 0.5) is 11.4 Å². The van der Waals surface area contributed by atoms with Gasteiger partial charge in [0.1, 0.15) is 0 Å². The van der Waals surface area contributed by atoms with Gasteiger partial charge in [-0.2, -0.15) is 0 Å². The summed E-state index contributed by atoms with van der Waals surface area (Å²) in [5.74, 6) is 0.563. The smallest absolute Gasteiger partial charge is 0.253 e. The minimum atomic E-state index is -0.105. The molecule has 2 heterocycles. The number of nitrogens with zero attached hydrogens (tertiary/aromatic N) is 1. The highest BCUT2D eigenvalue weighted by Gasteiger charge is 2.23. The molecule has 6 nitrogen and oxygen atoms in total. The molecule has 0 radical (unpaired) electrons. The van der Waals surface area contributed by atoms with Gasteiger partial charge in [-0.15, -0.1) is 0 Å². The van der Waals surface area contributed by atoms with Gasteiger partial charge in [0.25, 0.3) is 5.91 Å². The molecule has 3 rings (SSSR count). The van der Waals surface area contributed by atoms with Gasteiger partial charge in [-0.25, -0.2) is 0 Å². The minimum absolute atomic E-state index is 0.0553. The second-order valence-corrected chi connectivity index (χ2v) is 7.65. The third kappa shape index (κ3) is 5.22. The third-order valence-electron chi connectivity index (χ3n) is 5.48. The van der Waals surface area contributed by atoms with Crippen LogP contribution in [0.15, 0.2) is 18.2 Å². The molecule has 2 amide bonds. The molecule has 148 valence electrons. The Bertz CT molecular complexity index is 663. The van der Waals surface area contributed by atoms with E-state index >= 15 is 0 Å². The first-order chi connectivity index (χ1) is 13.1. The molecule has 0 aromatic heterocycles. The van der Waals surface area contributed by atoms with Crippen LogP contribution in [0.5, 0.6) is 0 Å². The van der Waals surface area contributed by atoms with Crippen LogP contribution in [0.1, 0.15) is 56.3 Å². The average Bonchev–Trinajstić information content (AvgIpc) is 3.20. The van der Waals surface area contributed by atoms with Crippen LogP contribution >= 0.6 is 0 Å². The lowest BCUT2D eigenvalue weighted by molar-refractivity contribution is -0.115. The van der Waals surface area contributed by atoms with Crippen LogP contribution in [-0.2, 0) is 9.53 Å². The van der Waals surface area contributed by atoms with Crippen LogP contribution in [0.2, 0.25) is 0 Å². The summed E-state index contributed by atoms with van der Waals surface area (Å²) < 4.78 is 5.61. The lowest BCUT2D eigenvalue weighted by Crippen LogP contribution is -2.36. The molecule has 27 heavy (non-hydrogen) atoms. The predicted octanol–water partition coefficient (Wildman–Crippen LogP) is 3.18.